The minimum absolute atomic E-state index is 0.0124. The first kappa shape index (κ1) is 11.2. The number of carbonyl (C=O) groups is 1. The lowest BCUT2D eigenvalue weighted by atomic mass is 10.1. The zero-order valence-electron chi connectivity index (χ0n) is 8.01. The van der Waals surface area contributed by atoms with Crippen molar-refractivity contribution in [2.24, 2.45) is 5.73 Å². The van der Waals surface area contributed by atoms with Gasteiger partial charge in [0.25, 0.3) is 15.0 Å². The molecule has 86 valence electrons. The van der Waals surface area contributed by atoms with Gasteiger partial charge in [-0.3, -0.25) is 4.79 Å². The maximum Gasteiger partial charge on any atom is 0.261 e. The third kappa shape index (κ3) is 1.98. The number of primary amides is 1. The predicted molar refractivity (Wildman–Crippen MR) is 56.8 cm³/mol. The van der Waals surface area contributed by atoms with Crippen LogP contribution in [0.4, 0.5) is 0 Å². The van der Waals surface area contributed by atoms with Gasteiger partial charge in [0, 0.05) is 17.1 Å². The summed E-state index contributed by atoms with van der Waals surface area (Å²) in [6, 6.07) is 4.18. The normalized spacial score (nSPS) is 18.9. The van der Waals surface area contributed by atoms with E-state index in [1.54, 1.807) is 0 Å². The van der Waals surface area contributed by atoms with E-state index in [9.17, 15) is 13.2 Å². The number of nitrogens with two attached hydrogens (primary N) is 1. The van der Waals surface area contributed by atoms with Crippen molar-refractivity contribution in [1.82, 2.24) is 0 Å². The Morgan fingerprint density at radius 3 is 2.75 bits per heavy atom. The fourth-order valence-electron chi connectivity index (χ4n) is 1.54. The lowest BCUT2D eigenvalue weighted by molar-refractivity contribution is -0.123. The van der Waals surface area contributed by atoms with Gasteiger partial charge < -0.3 is 10.5 Å². The van der Waals surface area contributed by atoms with E-state index in [1.165, 1.54) is 18.2 Å². The predicted octanol–water partition coefficient (Wildman–Crippen LogP) is 0.403. The standard InChI is InChI=1S/C9H8ClNO4S/c10-16(13,14)6-1-2-7-5(3-6)4-8(15-7)9(11)12/h1-3,8H,4H2,(H2,11,12). The highest BCUT2D eigenvalue weighted by atomic mass is 35.7. The van der Waals surface area contributed by atoms with E-state index >= 15 is 0 Å². The Hall–Kier alpha value is -1.27. The molecular weight excluding hydrogens is 254 g/mol. The Kier molecular flexibility index (Phi) is 2.55. The smallest absolute Gasteiger partial charge is 0.261 e. The Labute approximate surface area is 96.6 Å². The molecule has 5 nitrogen and oxygen atoms in total. The van der Waals surface area contributed by atoms with Crippen molar-refractivity contribution in [3.05, 3.63) is 23.8 Å². The SMILES string of the molecule is NC(=O)C1Cc2cc(S(=O)(=O)Cl)ccc2O1. The van der Waals surface area contributed by atoms with Crippen LogP contribution in [0.15, 0.2) is 23.1 Å². The molecule has 16 heavy (non-hydrogen) atoms. The first-order valence-electron chi connectivity index (χ1n) is 4.41. The lowest BCUT2D eigenvalue weighted by Crippen LogP contribution is -2.31. The van der Waals surface area contributed by atoms with Gasteiger partial charge in [-0.1, -0.05) is 0 Å². The molecule has 0 aliphatic carbocycles. The van der Waals surface area contributed by atoms with Crippen molar-refractivity contribution in [3.63, 3.8) is 0 Å². The first-order valence-corrected chi connectivity index (χ1v) is 6.72. The minimum atomic E-state index is -3.76. The van der Waals surface area contributed by atoms with Crippen molar-refractivity contribution in [1.29, 1.82) is 0 Å². The summed E-state index contributed by atoms with van der Waals surface area (Å²) in [5.74, 6) is -0.112. The van der Waals surface area contributed by atoms with Crippen LogP contribution in [0.25, 0.3) is 0 Å². The molecule has 1 heterocycles. The summed E-state index contributed by atoms with van der Waals surface area (Å²) < 4.78 is 27.4. The van der Waals surface area contributed by atoms with Crippen molar-refractivity contribution < 1.29 is 17.9 Å². The van der Waals surface area contributed by atoms with Gasteiger partial charge in [0.05, 0.1) is 4.90 Å². The van der Waals surface area contributed by atoms with Crippen LogP contribution in [0.3, 0.4) is 0 Å². The number of rotatable bonds is 2. The number of amides is 1. The topological polar surface area (TPSA) is 86.5 Å². The van der Waals surface area contributed by atoms with Crippen LogP contribution in [-0.4, -0.2) is 20.4 Å². The number of carbonyl (C=O) groups excluding carboxylic acids is 1. The summed E-state index contributed by atoms with van der Waals surface area (Å²) in [6.45, 7) is 0. The van der Waals surface area contributed by atoms with E-state index in [4.69, 9.17) is 21.2 Å². The van der Waals surface area contributed by atoms with Gasteiger partial charge in [0.1, 0.15) is 5.75 Å². The van der Waals surface area contributed by atoms with E-state index in [0.717, 1.165) is 0 Å². The Balaban J connectivity index is 2.39. The van der Waals surface area contributed by atoms with Crippen LogP contribution in [-0.2, 0) is 20.3 Å². The Morgan fingerprint density at radius 2 is 2.19 bits per heavy atom. The summed E-state index contributed by atoms with van der Waals surface area (Å²) in [5.41, 5.74) is 5.71. The highest BCUT2D eigenvalue weighted by Crippen LogP contribution is 2.31. The van der Waals surface area contributed by atoms with Crippen LogP contribution in [0.2, 0.25) is 0 Å². The van der Waals surface area contributed by atoms with Crippen LogP contribution in [0, 0.1) is 0 Å². The fourth-order valence-corrected chi connectivity index (χ4v) is 2.34. The average Bonchev–Trinajstić information content (AvgIpc) is 2.58. The summed E-state index contributed by atoms with van der Waals surface area (Å²) in [7, 11) is 1.44. The second-order valence-electron chi connectivity index (χ2n) is 3.42. The molecule has 7 heteroatoms. The number of hydrogen-bond acceptors (Lipinski definition) is 4. The zero-order valence-corrected chi connectivity index (χ0v) is 9.59. The minimum Gasteiger partial charge on any atom is -0.480 e. The molecule has 1 aliphatic heterocycles. The molecule has 0 saturated carbocycles. The number of benzene rings is 1. The quantitative estimate of drug-likeness (QED) is 0.781. The molecule has 1 amide bonds. The summed E-state index contributed by atoms with van der Waals surface area (Å²) in [6.07, 6.45) is -0.464. The van der Waals surface area contributed by atoms with E-state index < -0.39 is 21.1 Å². The molecule has 0 fully saturated rings. The summed E-state index contributed by atoms with van der Waals surface area (Å²) in [4.78, 5) is 10.9. The van der Waals surface area contributed by atoms with Crippen LogP contribution in [0.5, 0.6) is 5.75 Å². The third-order valence-electron chi connectivity index (χ3n) is 2.31. The van der Waals surface area contributed by atoms with Crippen LogP contribution in [0.1, 0.15) is 5.56 Å². The van der Waals surface area contributed by atoms with E-state index in [0.29, 0.717) is 11.3 Å². The fraction of sp³-hybridized carbons (Fsp3) is 0.222. The highest BCUT2D eigenvalue weighted by molar-refractivity contribution is 8.13. The van der Waals surface area contributed by atoms with Gasteiger partial charge in [-0.05, 0) is 23.8 Å². The van der Waals surface area contributed by atoms with Gasteiger partial charge >= 0.3 is 0 Å². The lowest BCUT2D eigenvalue weighted by Gasteiger charge is -2.04. The molecule has 0 bridgehead atoms. The van der Waals surface area contributed by atoms with E-state index in [1.807, 2.05) is 0 Å². The number of fused-ring (bicyclic) bond motifs is 1. The molecule has 0 saturated heterocycles. The molecular formula is C9H8ClNO4S. The molecule has 0 radical (unpaired) electrons. The number of ether oxygens (including phenoxy) is 1. The van der Waals surface area contributed by atoms with Crippen molar-refractivity contribution >= 4 is 25.6 Å². The molecule has 2 rings (SSSR count). The van der Waals surface area contributed by atoms with Crippen molar-refractivity contribution in [3.8, 4) is 5.75 Å². The average molecular weight is 262 g/mol. The van der Waals surface area contributed by atoms with Crippen molar-refractivity contribution in [2.75, 3.05) is 0 Å². The third-order valence-corrected chi connectivity index (χ3v) is 3.66. The van der Waals surface area contributed by atoms with Crippen LogP contribution < -0.4 is 10.5 Å². The molecule has 0 spiro atoms. The molecule has 1 atom stereocenters. The molecule has 0 aromatic heterocycles. The maximum absolute atomic E-state index is 11.1. The van der Waals surface area contributed by atoms with E-state index in [2.05, 4.69) is 0 Å². The number of hydrogen-bond donors (Lipinski definition) is 1. The molecule has 2 N–H and O–H groups in total. The molecule has 1 aromatic carbocycles. The molecule has 1 aromatic rings. The summed E-state index contributed by atoms with van der Waals surface area (Å²) in [5, 5.41) is 0. The largest absolute Gasteiger partial charge is 0.480 e. The molecule has 1 unspecified atom stereocenters. The Morgan fingerprint density at radius 1 is 1.50 bits per heavy atom. The molecule has 1 aliphatic rings. The van der Waals surface area contributed by atoms with Crippen molar-refractivity contribution in [2.45, 2.75) is 17.4 Å². The highest BCUT2D eigenvalue weighted by Gasteiger charge is 2.28. The van der Waals surface area contributed by atoms with Gasteiger partial charge in [0.15, 0.2) is 6.10 Å². The van der Waals surface area contributed by atoms with E-state index in [-0.39, 0.29) is 11.3 Å². The van der Waals surface area contributed by atoms with Gasteiger partial charge in [-0.2, -0.15) is 0 Å². The number of halogens is 1. The van der Waals surface area contributed by atoms with Gasteiger partial charge in [-0.15, -0.1) is 0 Å². The second-order valence-corrected chi connectivity index (χ2v) is 5.99. The second kappa shape index (κ2) is 3.64. The summed E-state index contributed by atoms with van der Waals surface area (Å²) >= 11 is 0. The van der Waals surface area contributed by atoms with Gasteiger partial charge in [0.2, 0.25) is 0 Å². The zero-order chi connectivity index (χ0) is 11.9. The van der Waals surface area contributed by atoms with Crippen LogP contribution >= 0.6 is 10.7 Å². The van der Waals surface area contributed by atoms with Gasteiger partial charge in [-0.25, -0.2) is 8.42 Å². The monoisotopic (exact) mass is 261 g/mol. The Bertz CT molecular complexity index is 555. The maximum atomic E-state index is 11.1. The first-order chi connectivity index (χ1) is 7.38.